The molecule has 3 amide bonds. The zero-order chi connectivity index (χ0) is 34.1. The fourth-order valence-electron chi connectivity index (χ4n) is 6.29. The van der Waals surface area contributed by atoms with Gasteiger partial charge in [0.05, 0.1) is 11.4 Å². The Morgan fingerprint density at radius 2 is 1.98 bits per heavy atom. The van der Waals surface area contributed by atoms with Crippen molar-refractivity contribution in [3.8, 4) is 16.5 Å². The van der Waals surface area contributed by atoms with Crippen molar-refractivity contribution in [1.82, 2.24) is 30.5 Å². The maximum absolute atomic E-state index is 14.3. The summed E-state index contributed by atoms with van der Waals surface area (Å²) in [7, 11) is 0. The number of aliphatic carboxylic acids is 1. The van der Waals surface area contributed by atoms with Gasteiger partial charge in [-0.2, -0.15) is 4.98 Å². The number of amides is 3. The van der Waals surface area contributed by atoms with E-state index in [1.165, 1.54) is 16.2 Å². The first-order valence-electron chi connectivity index (χ1n) is 16.3. The predicted octanol–water partition coefficient (Wildman–Crippen LogP) is 4.47. The van der Waals surface area contributed by atoms with Gasteiger partial charge in [0.2, 0.25) is 17.7 Å². The molecule has 14 heteroatoms. The predicted molar refractivity (Wildman–Crippen MR) is 177 cm³/mol. The van der Waals surface area contributed by atoms with E-state index in [0.29, 0.717) is 29.7 Å². The summed E-state index contributed by atoms with van der Waals surface area (Å²) in [5.41, 5.74) is -0.752. The Hall–Kier alpha value is -4.59. The average molecular weight is 677 g/mol. The maximum Gasteiger partial charge on any atom is 0.408 e. The van der Waals surface area contributed by atoms with Crippen LogP contribution in [0.5, 0.6) is 5.88 Å². The second-order valence-electron chi connectivity index (χ2n) is 13.5. The summed E-state index contributed by atoms with van der Waals surface area (Å²) in [6.45, 7) is 5.21. The van der Waals surface area contributed by atoms with Crippen LogP contribution in [-0.4, -0.2) is 84.7 Å². The van der Waals surface area contributed by atoms with Gasteiger partial charge in [0.15, 0.2) is 5.65 Å². The molecule has 0 spiro atoms. The molecule has 2 aliphatic heterocycles. The summed E-state index contributed by atoms with van der Waals surface area (Å²) in [5.74, 6) is -2.33. The van der Waals surface area contributed by atoms with E-state index >= 15 is 0 Å². The molecular weight excluding hydrogens is 636 g/mol. The highest BCUT2D eigenvalue weighted by atomic mass is 32.1. The smallest absolute Gasteiger partial charge is 0.408 e. The lowest BCUT2D eigenvalue weighted by Gasteiger charge is -2.30. The van der Waals surface area contributed by atoms with Gasteiger partial charge >= 0.3 is 12.1 Å². The van der Waals surface area contributed by atoms with E-state index < -0.39 is 53.2 Å². The molecule has 3 unspecified atom stereocenters. The molecular formula is C34H40N6O7S. The van der Waals surface area contributed by atoms with Gasteiger partial charge in [-0.05, 0) is 70.0 Å². The number of carboxylic acid groups (broad SMARTS) is 1. The Bertz CT molecular complexity index is 1720. The van der Waals surface area contributed by atoms with Crippen LogP contribution in [0, 0.1) is 5.92 Å². The molecule has 0 aromatic carbocycles. The highest BCUT2D eigenvalue weighted by Crippen LogP contribution is 2.45. The van der Waals surface area contributed by atoms with Crippen molar-refractivity contribution in [3.05, 3.63) is 48.0 Å². The number of ether oxygens (including phenoxy) is 2. The van der Waals surface area contributed by atoms with Crippen molar-refractivity contribution < 1.29 is 33.8 Å². The normalized spacial score (nSPS) is 27.1. The molecule has 1 aliphatic carbocycles. The van der Waals surface area contributed by atoms with Gasteiger partial charge in [0.1, 0.15) is 40.5 Å². The Balaban J connectivity index is 1.32. The molecule has 0 bridgehead atoms. The minimum atomic E-state index is -1.45. The molecule has 5 atom stereocenters. The van der Waals surface area contributed by atoms with Crippen molar-refractivity contribution in [3.63, 3.8) is 0 Å². The van der Waals surface area contributed by atoms with Gasteiger partial charge in [-0.15, -0.1) is 11.3 Å². The Kier molecular flexibility index (Phi) is 9.37. The number of fused-ring (bicyclic) bond motifs is 3. The number of hydrogen-bond donors (Lipinski definition) is 3. The van der Waals surface area contributed by atoms with Crippen molar-refractivity contribution in [2.45, 2.75) is 95.0 Å². The van der Waals surface area contributed by atoms with Crippen LogP contribution in [0.15, 0.2) is 48.0 Å². The number of pyridine rings is 1. The van der Waals surface area contributed by atoms with Crippen molar-refractivity contribution in [1.29, 1.82) is 0 Å². The largest absolute Gasteiger partial charge is 0.479 e. The Morgan fingerprint density at radius 3 is 2.73 bits per heavy atom. The Morgan fingerprint density at radius 1 is 1.15 bits per heavy atom. The van der Waals surface area contributed by atoms with E-state index in [-0.39, 0.29) is 31.2 Å². The fraction of sp³-hybridized carbons (Fsp3) is 0.500. The molecule has 3 aliphatic rings. The third-order valence-corrected chi connectivity index (χ3v) is 9.63. The first kappa shape index (κ1) is 33.3. The van der Waals surface area contributed by atoms with E-state index in [1.807, 2.05) is 35.7 Å². The molecule has 1 saturated carbocycles. The standard InChI is InChI=1S/C34H40N6O7S/c1-33(2,3)47-32(45)37-23-12-8-6-4-5-7-11-20-18-34(20,31(43)44)39-28(41)24-17-21(19-40(24)30(23)42)46-29-26(25-14-10-16-48-25)36-22-13-9-15-35-27(22)38-29/h7,9-11,13-16,20-21,23-24H,4-6,8,12,17-19H2,1-3H3,(H,37,45)(H,39,41)(H,43,44)/b11-7-/t20?,21-,23+,24?,34?/m1/s1. The fourth-order valence-corrected chi connectivity index (χ4v) is 7.00. The number of carbonyl (C=O) groups excluding carboxylic acids is 3. The number of nitrogens with one attached hydrogen (secondary N) is 2. The summed E-state index contributed by atoms with van der Waals surface area (Å²) in [4.78, 5) is 69.5. The minimum absolute atomic E-state index is 0.00135. The van der Waals surface area contributed by atoms with Crippen LogP contribution in [0.25, 0.3) is 21.7 Å². The Labute approximate surface area is 282 Å². The third kappa shape index (κ3) is 7.28. The van der Waals surface area contributed by atoms with Crippen molar-refractivity contribution in [2.24, 2.45) is 5.92 Å². The highest BCUT2D eigenvalue weighted by Gasteiger charge is 2.61. The molecule has 3 N–H and O–H groups in total. The molecule has 0 radical (unpaired) electrons. The van der Waals surface area contributed by atoms with E-state index in [9.17, 15) is 24.3 Å². The van der Waals surface area contributed by atoms with Gasteiger partial charge in [-0.3, -0.25) is 9.59 Å². The van der Waals surface area contributed by atoms with Gasteiger partial charge in [-0.25, -0.2) is 19.6 Å². The summed E-state index contributed by atoms with van der Waals surface area (Å²) in [6.07, 6.45) is 7.69. The van der Waals surface area contributed by atoms with Gasteiger partial charge in [0.25, 0.3) is 0 Å². The topological polar surface area (TPSA) is 173 Å². The molecule has 3 aromatic heterocycles. The van der Waals surface area contributed by atoms with E-state index in [1.54, 1.807) is 33.0 Å². The molecule has 254 valence electrons. The number of carboxylic acids is 1. The van der Waals surface area contributed by atoms with Crippen LogP contribution in [-0.2, 0) is 19.1 Å². The van der Waals surface area contributed by atoms with Crippen LogP contribution in [0.3, 0.4) is 0 Å². The number of carbonyl (C=O) groups is 4. The number of aromatic nitrogens is 3. The quantitative estimate of drug-likeness (QED) is 0.327. The summed E-state index contributed by atoms with van der Waals surface area (Å²) in [6, 6.07) is 5.34. The first-order chi connectivity index (χ1) is 22.9. The maximum atomic E-state index is 14.3. The summed E-state index contributed by atoms with van der Waals surface area (Å²) < 4.78 is 11.9. The van der Waals surface area contributed by atoms with Gasteiger partial charge in [0, 0.05) is 18.5 Å². The van der Waals surface area contributed by atoms with Crippen LogP contribution in [0.1, 0.15) is 65.7 Å². The monoisotopic (exact) mass is 676 g/mol. The second kappa shape index (κ2) is 13.5. The first-order valence-corrected chi connectivity index (χ1v) is 17.2. The number of hydrogen-bond acceptors (Lipinski definition) is 10. The molecule has 6 rings (SSSR count). The lowest BCUT2D eigenvalue weighted by Crippen LogP contribution is -2.56. The van der Waals surface area contributed by atoms with E-state index in [2.05, 4.69) is 20.6 Å². The number of nitrogens with zero attached hydrogens (tertiary/aromatic N) is 4. The number of rotatable bonds is 5. The SMILES string of the molecule is CC(C)(C)OC(=O)N[C@H]1CCCCC/C=C\C2CC2(C(=O)O)NC(=O)C2C[C@@H](Oc3nc4ncccc4nc3-c3cccs3)CN2C1=O. The van der Waals surface area contributed by atoms with Gasteiger partial charge < -0.3 is 30.1 Å². The van der Waals surface area contributed by atoms with Crippen LogP contribution < -0.4 is 15.4 Å². The lowest BCUT2D eigenvalue weighted by molar-refractivity contribution is -0.145. The van der Waals surface area contributed by atoms with Crippen molar-refractivity contribution in [2.75, 3.05) is 6.54 Å². The van der Waals surface area contributed by atoms with Gasteiger partial charge in [-0.1, -0.05) is 31.1 Å². The van der Waals surface area contributed by atoms with Crippen LogP contribution >= 0.6 is 11.3 Å². The molecule has 1 saturated heterocycles. The van der Waals surface area contributed by atoms with E-state index in [0.717, 1.165) is 24.1 Å². The second-order valence-corrected chi connectivity index (χ2v) is 14.5. The van der Waals surface area contributed by atoms with E-state index in [4.69, 9.17) is 14.5 Å². The summed E-state index contributed by atoms with van der Waals surface area (Å²) in [5, 5.41) is 17.6. The number of thiophene rings is 1. The van der Waals surface area contributed by atoms with Crippen LogP contribution in [0.2, 0.25) is 0 Å². The molecule has 48 heavy (non-hydrogen) atoms. The molecule has 2 fully saturated rings. The van der Waals surface area contributed by atoms with Crippen LogP contribution in [0.4, 0.5) is 4.79 Å². The number of alkyl carbamates (subject to hydrolysis) is 1. The molecule has 13 nitrogen and oxygen atoms in total. The zero-order valence-corrected chi connectivity index (χ0v) is 28.0. The average Bonchev–Trinajstić information content (AvgIpc) is 3.34. The molecule has 5 heterocycles. The lowest BCUT2D eigenvalue weighted by atomic mass is 10.0. The minimum Gasteiger partial charge on any atom is -0.479 e. The highest BCUT2D eigenvalue weighted by molar-refractivity contribution is 7.13. The zero-order valence-electron chi connectivity index (χ0n) is 27.2. The van der Waals surface area contributed by atoms with Crippen molar-refractivity contribution >= 4 is 46.4 Å². The summed E-state index contributed by atoms with van der Waals surface area (Å²) >= 11 is 1.47. The third-order valence-electron chi connectivity index (χ3n) is 8.75. The number of allylic oxidation sites excluding steroid dienone is 1. The molecule has 3 aromatic rings.